The minimum absolute atomic E-state index is 0.274. The molecule has 2 atom stereocenters. The van der Waals surface area contributed by atoms with E-state index in [4.69, 9.17) is 9.16 Å². The largest absolute Gasteiger partial charge is 0.549 e. The van der Waals surface area contributed by atoms with Crippen LogP contribution in [0.5, 0.6) is 0 Å². The molecule has 0 aromatic carbocycles. The zero-order chi connectivity index (χ0) is 15.4. The first-order valence-corrected chi connectivity index (χ1v) is 11.0. The summed E-state index contributed by atoms with van der Waals surface area (Å²) in [4.78, 5) is 0. The van der Waals surface area contributed by atoms with Crippen LogP contribution in [0.25, 0.3) is 0 Å². The maximum Gasteiger partial charge on any atom is 0.249 e. The summed E-state index contributed by atoms with van der Waals surface area (Å²) in [6, 6.07) is 0. The van der Waals surface area contributed by atoms with E-state index in [0.717, 1.165) is 12.8 Å². The first-order chi connectivity index (χ1) is 9.13. The summed E-state index contributed by atoms with van der Waals surface area (Å²) in [6.45, 7) is 15.9. The molecular weight excluding hydrogens is 264 g/mol. The molecule has 3 heteroatoms. The SMILES string of the molecule is CC(C)C1CCC(CC/C=C/O[Si](C)(C)C(C)(C)C)O1. The summed E-state index contributed by atoms with van der Waals surface area (Å²) >= 11 is 0. The highest BCUT2D eigenvalue weighted by atomic mass is 28.4. The van der Waals surface area contributed by atoms with Gasteiger partial charge in [-0.15, -0.1) is 0 Å². The number of rotatable bonds is 6. The second-order valence-corrected chi connectivity index (χ2v) is 12.7. The molecule has 1 fully saturated rings. The Labute approximate surface area is 127 Å². The van der Waals surface area contributed by atoms with Crippen molar-refractivity contribution in [3.63, 3.8) is 0 Å². The second kappa shape index (κ2) is 7.12. The van der Waals surface area contributed by atoms with Crippen molar-refractivity contribution in [3.05, 3.63) is 12.3 Å². The van der Waals surface area contributed by atoms with Gasteiger partial charge in [-0.1, -0.05) is 40.7 Å². The third-order valence-corrected chi connectivity index (χ3v) is 9.14. The molecule has 1 aliphatic rings. The first kappa shape index (κ1) is 17.8. The molecule has 1 heterocycles. The van der Waals surface area contributed by atoms with Gasteiger partial charge in [-0.25, -0.2) is 0 Å². The zero-order valence-corrected chi connectivity index (χ0v) is 15.5. The minimum atomic E-state index is -1.63. The highest BCUT2D eigenvalue weighted by Crippen LogP contribution is 2.36. The van der Waals surface area contributed by atoms with E-state index in [2.05, 4.69) is 53.8 Å². The standard InChI is InChI=1S/C17H34O2Si/c1-14(2)16-12-11-15(19-16)10-8-9-13-18-20(6,7)17(3,4)5/h9,13-16H,8,10-12H2,1-7H3/b13-9+. The number of ether oxygens (including phenoxy) is 1. The van der Waals surface area contributed by atoms with Gasteiger partial charge in [0.1, 0.15) is 0 Å². The lowest BCUT2D eigenvalue weighted by Gasteiger charge is -2.35. The van der Waals surface area contributed by atoms with Crippen LogP contribution >= 0.6 is 0 Å². The predicted octanol–water partition coefficient (Wildman–Crippen LogP) is 5.51. The van der Waals surface area contributed by atoms with E-state index in [0.29, 0.717) is 18.1 Å². The Kier molecular flexibility index (Phi) is 6.33. The molecule has 0 amide bonds. The molecule has 2 nitrogen and oxygen atoms in total. The third kappa shape index (κ3) is 5.25. The van der Waals surface area contributed by atoms with E-state index in [1.807, 2.05) is 6.26 Å². The van der Waals surface area contributed by atoms with Gasteiger partial charge in [0, 0.05) is 0 Å². The van der Waals surface area contributed by atoms with Gasteiger partial charge >= 0.3 is 0 Å². The summed E-state index contributed by atoms with van der Waals surface area (Å²) in [6.07, 6.45) is 9.68. The normalized spacial score (nSPS) is 24.8. The Hall–Kier alpha value is -0.283. The molecule has 0 radical (unpaired) electrons. The van der Waals surface area contributed by atoms with E-state index in [1.165, 1.54) is 12.8 Å². The fourth-order valence-corrected chi connectivity index (χ4v) is 2.97. The molecule has 1 rings (SSSR count). The Morgan fingerprint density at radius 2 is 1.90 bits per heavy atom. The summed E-state index contributed by atoms with van der Waals surface area (Å²) in [7, 11) is -1.63. The molecule has 0 aromatic heterocycles. The smallest absolute Gasteiger partial charge is 0.249 e. The molecule has 0 aliphatic carbocycles. The van der Waals surface area contributed by atoms with Crippen LogP contribution in [0.15, 0.2) is 12.3 Å². The van der Waals surface area contributed by atoms with Crippen LogP contribution in [0.3, 0.4) is 0 Å². The van der Waals surface area contributed by atoms with Crippen molar-refractivity contribution in [1.82, 2.24) is 0 Å². The van der Waals surface area contributed by atoms with Crippen LogP contribution in [0.4, 0.5) is 0 Å². The van der Waals surface area contributed by atoms with Crippen LogP contribution < -0.4 is 0 Å². The molecule has 20 heavy (non-hydrogen) atoms. The van der Waals surface area contributed by atoms with Crippen LogP contribution in [0, 0.1) is 5.92 Å². The van der Waals surface area contributed by atoms with Crippen molar-refractivity contribution < 1.29 is 9.16 Å². The van der Waals surface area contributed by atoms with E-state index in [-0.39, 0.29) is 5.04 Å². The summed E-state index contributed by atoms with van der Waals surface area (Å²) in [5.74, 6) is 0.650. The van der Waals surface area contributed by atoms with Crippen molar-refractivity contribution in [1.29, 1.82) is 0 Å². The topological polar surface area (TPSA) is 18.5 Å². The predicted molar refractivity (Wildman–Crippen MR) is 89.4 cm³/mol. The van der Waals surface area contributed by atoms with Crippen molar-refractivity contribution in [2.75, 3.05) is 0 Å². The van der Waals surface area contributed by atoms with Gasteiger partial charge in [0.2, 0.25) is 8.32 Å². The molecular formula is C17H34O2Si. The highest BCUT2D eigenvalue weighted by Gasteiger charge is 2.37. The molecule has 2 unspecified atom stereocenters. The molecule has 0 bridgehead atoms. The molecule has 0 spiro atoms. The van der Waals surface area contributed by atoms with Gasteiger partial charge in [-0.2, -0.15) is 0 Å². The fraction of sp³-hybridized carbons (Fsp3) is 0.882. The number of hydrogen-bond acceptors (Lipinski definition) is 2. The lowest BCUT2D eigenvalue weighted by atomic mass is 10.0. The lowest BCUT2D eigenvalue weighted by molar-refractivity contribution is 0.0163. The number of allylic oxidation sites excluding steroid dienone is 1. The highest BCUT2D eigenvalue weighted by molar-refractivity contribution is 6.74. The molecule has 1 saturated heterocycles. The Bertz CT molecular complexity index is 315. The summed E-state index contributed by atoms with van der Waals surface area (Å²) < 4.78 is 12.1. The Morgan fingerprint density at radius 1 is 1.25 bits per heavy atom. The summed E-state index contributed by atoms with van der Waals surface area (Å²) in [5.41, 5.74) is 0. The van der Waals surface area contributed by atoms with Crippen LogP contribution in [-0.4, -0.2) is 20.5 Å². The van der Waals surface area contributed by atoms with Crippen molar-refractivity contribution in [2.24, 2.45) is 5.92 Å². The monoisotopic (exact) mass is 298 g/mol. The van der Waals surface area contributed by atoms with Gasteiger partial charge < -0.3 is 9.16 Å². The van der Waals surface area contributed by atoms with Gasteiger partial charge in [-0.05, 0) is 49.7 Å². The van der Waals surface area contributed by atoms with Crippen molar-refractivity contribution in [2.45, 2.75) is 90.6 Å². The molecule has 0 aromatic rings. The van der Waals surface area contributed by atoms with E-state index >= 15 is 0 Å². The second-order valence-electron chi connectivity index (χ2n) is 7.95. The van der Waals surface area contributed by atoms with Gasteiger partial charge in [0.25, 0.3) is 0 Å². The quantitative estimate of drug-likeness (QED) is 0.476. The summed E-state index contributed by atoms with van der Waals surface area (Å²) in [5, 5.41) is 0.274. The van der Waals surface area contributed by atoms with Crippen molar-refractivity contribution in [3.8, 4) is 0 Å². The Balaban J connectivity index is 2.24. The first-order valence-electron chi connectivity index (χ1n) is 8.12. The van der Waals surface area contributed by atoms with Gasteiger partial charge in [0.15, 0.2) is 0 Å². The number of hydrogen-bond donors (Lipinski definition) is 0. The van der Waals surface area contributed by atoms with Crippen molar-refractivity contribution >= 4 is 8.32 Å². The van der Waals surface area contributed by atoms with E-state index in [1.54, 1.807) is 0 Å². The van der Waals surface area contributed by atoms with Gasteiger partial charge in [-0.3, -0.25) is 0 Å². The fourth-order valence-electron chi connectivity index (χ4n) is 2.18. The minimum Gasteiger partial charge on any atom is -0.549 e. The van der Waals surface area contributed by atoms with Crippen LogP contribution in [0.2, 0.25) is 18.1 Å². The third-order valence-electron chi connectivity index (χ3n) is 4.80. The van der Waals surface area contributed by atoms with Gasteiger partial charge in [0.05, 0.1) is 18.5 Å². The van der Waals surface area contributed by atoms with E-state index < -0.39 is 8.32 Å². The lowest BCUT2D eigenvalue weighted by Crippen LogP contribution is -2.39. The average Bonchev–Trinajstić information content (AvgIpc) is 2.75. The van der Waals surface area contributed by atoms with E-state index in [9.17, 15) is 0 Å². The zero-order valence-electron chi connectivity index (χ0n) is 14.5. The van der Waals surface area contributed by atoms with Crippen LogP contribution in [0.1, 0.15) is 60.3 Å². The molecule has 1 aliphatic heterocycles. The van der Waals surface area contributed by atoms with Crippen LogP contribution in [-0.2, 0) is 9.16 Å². The maximum atomic E-state index is 6.06. The maximum absolute atomic E-state index is 6.06. The molecule has 0 saturated carbocycles. The molecule has 118 valence electrons. The Morgan fingerprint density at radius 3 is 2.40 bits per heavy atom. The molecule has 0 N–H and O–H groups in total. The average molecular weight is 299 g/mol.